The first-order chi connectivity index (χ1) is 9.13. The lowest BCUT2D eigenvalue weighted by Crippen LogP contribution is -2.45. The summed E-state index contributed by atoms with van der Waals surface area (Å²) in [5.74, 6) is 0.411. The molecule has 4 nitrogen and oxygen atoms in total. The summed E-state index contributed by atoms with van der Waals surface area (Å²) in [4.78, 5) is 14.3. The van der Waals surface area contributed by atoms with Gasteiger partial charge in [-0.3, -0.25) is 4.79 Å². The molecule has 0 spiro atoms. The van der Waals surface area contributed by atoms with E-state index in [2.05, 4.69) is 30.1 Å². The topological polar surface area (TPSA) is 52.6 Å². The third-order valence-corrected chi connectivity index (χ3v) is 3.64. The maximum absolute atomic E-state index is 12.2. The van der Waals surface area contributed by atoms with Crippen molar-refractivity contribution in [3.05, 3.63) is 29.8 Å². The van der Waals surface area contributed by atoms with Crippen LogP contribution in [0.25, 0.3) is 0 Å². The molecule has 2 rings (SSSR count). The number of nitrogens with zero attached hydrogens (tertiary/aromatic N) is 1. The molecule has 1 aromatic carbocycles. The summed E-state index contributed by atoms with van der Waals surface area (Å²) >= 11 is 0. The molecule has 1 amide bonds. The first-order valence-electron chi connectivity index (χ1n) is 6.84. The molecule has 0 radical (unpaired) electrons. The molecule has 0 saturated carbocycles. The van der Waals surface area contributed by atoms with Gasteiger partial charge in [0.15, 0.2) is 0 Å². The Bertz CT molecular complexity index is 448. The van der Waals surface area contributed by atoms with Crippen molar-refractivity contribution in [1.29, 1.82) is 0 Å². The van der Waals surface area contributed by atoms with Gasteiger partial charge in [-0.15, -0.1) is 0 Å². The molecule has 1 fully saturated rings. The summed E-state index contributed by atoms with van der Waals surface area (Å²) in [6.07, 6.45) is 0.465. The van der Waals surface area contributed by atoms with E-state index in [4.69, 9.17) is 0 Å². The predicted molar refractivity (Wildman–Crippen MR) is 76.2 cm³/mol. The number of rotatable bonds is 3. The number of aliphatic hydroxyl groups excluding tert-OH is 1. The molecule has 1 aliphatic rings. The van der Waals surface area contributed by atoms with Crippen LogP contribution >= 0.6 is 0 Å². The van der Waals surface area contributed by atoms with Crippen LogP contribution in [0.5, 0.6) is 0 Å². The van der Waals surface area contributed by atoms with Crippen LogP contribution in [0.15, 0.2) is 24.3 Å². The molecule has 2 unspecified atom stereocenters. The van der Waals surface area contributed by atoms with E-state index < -0.39 is 0 Å². The average molecular weight is 262 g/mol. The zero-order valence-corrected chi connectivity index (χ0v) is 11.6. The van der Waals surface area contributed by atoms with E-state index in [1.807, 2.05) is 18.2 Å². The number of benzene rings is 1. The van der Waals surface area contributed by atoms with Crippen molar-refractivity contribution in [1.82, 2.24) is 5.32 Å². The third-order valence-electron chi connectivity index (χ3n) is 3.64. The number of hydrogen-bond donors (Lipinski definition) is 2. The minimum Gasteiger partial charge on any atom is -0.396 e. The van der Waals surface area contributed by atoms with Gasteiger partial charge in [0.05, 0.1) is 0 Å². The van der Waals surface area contributed by atoms with Crippen molar-refractivity contribution in [2.75, 3.05) is 24.6 Å². The zero-order chi connectivity index (χ0) is 13.8. The largest absolute Gasteiger partial charge is 0.396 e. The van der Waals surface area contributed by atoms with Crippen LogP contribution in [0.3, 0.4) is 0 Å². The van der Waals surface area contributed by atoms with Gasteiger partial charge in [0.1, 0.15) is 6.04 Å². The first kappa shape index (κ1) is 13.9. The lowest BCUT2D eigenvalue weighted by atomic mass is 10.1. The Kier molecular flexibility index (Phi) is 4.43. The molecule has 1 aliphatic heterocycles. The third kappa shape index (κ3) is 3.07. The minimum atomic E-state index is -0.281. The molecular formula is C15H22N2O2. The van der Waals surface area contributed by atoms with Gasteiger partial charge in [-0.05, 0) is 30.9 Å². The highest BCUT2D eigenvalue weighted by Crippen LogP contribution is 2.25. The Morgan fingerprint density at radius 1 is 1.42 bits per heavy atom. The molecule has 0 aliphatic carbocycles. The molecule has 2 N–H and O–H groups in total. The highest BCUT2D eigenvalue weighted by molar-refractivity contribution is 5.86. The van der Waals surface area contributed by atoms with Crippen LogP contribution in [0.1, 0.15) is 18.9 Å². The van der Waals surface area contributed by atoms with E-state index >= 15 is 0 Å². The summed E-state index contributed by atoms with van der Waals surface area (Å²) < 4.78 is 0. The van der Waals surface area contributed by atoms with Gasteiger partial charge in [-0.25, -0.2) is 0 Å². The fourth-order valence-corrected chi connectivity index (χ4v) is 2.62. The number of carbonyl (C=O) groups excluding carboxylic acids is 1. The van der Waals surface area contributed by atoms with Crippen LogP contribution in [0.4, 0.5) is 5.69 Å². The standard InChI is InChI=1S/C15H22N2O2/c1-11-9-16-15(19)14(7-8-18)17(10-11)13-6-4-3-5-12(13)2/h3-6,11,14,18H,7-10H2,1-2H3,(H,16,19). The Labute approximate surface area is 114 Å². The molecule has 104 valence electrons. The van der Waals surface area contributed by atoms with Crippen molar-refractivity contribution in [3.8, 4) is 0 Å². The molecule has 4 heteroatoms. The Morgan fingerprint density at radius 2 is 2.16 bits per heavy atom. The Morgan fingerprint density at radius 3 is 2.84 bits per heavy atom. The molecule has 1 saturated heterocycles. The van der Waals surface area contributed by atoms with E-state index in [1.165, 1.54) is 0 Å². The highest BCUT2D eigenvalue weighted by atomic mass is 16.3. The van der Waals surface area contributed by atoms with E-state index in [9.17, 15) is 9.90 Å². The second-order valence-electron chi connectivity index (χ2n) is 5.32. The maximum atomic E-state index is 12.2. The fourth-order valence-electron chi connectivity index (χ4n) is 2.62. The second-order valence-corrected chi connectivity index (χ2v) is 5.32. The van der Waals surface area contributed by atoms with Crippen LogP contribution < -0.4 is 10.2 Å². The summed E-state index contributed by atoms with van der Waals surface area (Å²) in [5, 5.41) is 12.2. The Balaban J connectivity index is 2.36. The van der Waals surface area contributed by atoms with Crippen LogP contribution in [-0.2, 0) is 4.79 Å². The van der Waals surface area contributed by atoms with Gasteiger partial charge >= 0.3 is 0 Å². The smallest absolute Gasteiger partial charge is 0.242 e. The Hall–Kier alpha value is -1.55. The molecule has 2 atom stereocenters. The molecule has 0 bridgehead atoms. The summed E-state index contributed by atoms with van der Waals surface area (Å²) in [6.45, 7) is 5.73. The summed E-state index contributed by atoms with van der Waals surface area (Å²) in [7, 11) is 0. The molecule has 1 aromatic rings. The van der Waals surface area contributed by atoms with Crippen LogP contribution in [0, 0.1) is 12.8 Å². The van der Waals surface area contributed by atoms with Crippen molar-refractivity contribution < 1.29 is 9.90 Å². The number of carbonyl (C=O) groups is 1. The first-order valence-corrected chi connectivity index (χ1v) is 6.84. The van der Waals surface area contributed by atoms with Crippen LogP contribution in [0.2, 0.25) is 0 Å². The molecular weight excluding hydrogens is 240 g/mol. The van der Waals surface area contributed by atoms with Gasteiger partial charge in [0.2, 0.25) is 5.91 Å². The minimum absolute atomic E-state index is 0.0154. The zero-order valence-electron chi connectivity index (χ0n) is 11.6. The highest BCUT2D eigenvalue weighted by Gasteiger charge is 2.30. The monoisotopic (exact) mass is 262 g/mol. The average Bonchev–Trinajstić information content (AvgIpc) is 2.53. The lowest BCUT2D eigenvalue weighted by molar-refractivity contribution is -0.122. The summed E-state index contributed by atoms with van der Waals surface area (Å²) in [5.41, 5.74) is 2.25. The number of para-hydroxylation sites is 1. The summed E-state index contributed by atoms with van der Waals surface area (Å²) in [6, 6.07) is 7.81. The van der Waals surface area contributed by atoms with E-state index in [0.29, 0.717) is 18.9 Å². The number of hydrogen-bond acceptors (Lipinski definition) is 3. The number of amides is 1. The van der Waals surface area contributed by atoms with E-state index in [0.717, 1.165) is 17.8 Å². The van der Waals surface area contributed by atoms with Crippen LogP contribution in [-0.4, -0.2) is 36.8 Å². The molecule has 0 aromatic heterocycles. The number of aryl methyl sites for hydroxylation is 1. The maximum Gasteiger partial charge on any atom is 0.242 e. The molecule has 19 heavy (non-hydrogen) atoms. The lowest BCUT2D eigenvalue weighted by Gasteiger charge is -2.32. The van der Waals surface area contributed by atoms with Gasteiger partial charge in [0, 0.05) is 25.4 Å². The SMILES string of the molecule is Cc1ccccc1N1CC(C)CNC(=O)C1CCO. The van der Waals surface area contributed by atoms with Crippen molar-refractivity contribution in [2.45, 2.75) is 26.3 Å². The number of nitrogens with one attached hydrogen (secondary N) is 1. The number of aliphatic hydroxyl groups is 1. The number of anilines is 1. The van der Waals surface area contributed by atoms with Crippen molar-refractivity contribution in [2.24, 2.45) is 5.92 Å². The van der Waals surface area contributed by atoms with Gasteiger partial charge in [-0.2, -0.15) is 0 Å². The second kappa shape index (κ2) is 6.06. The molecule has 1 heterocycles. The predicted octanol–water partition coefficient (Wildman–Crippen LogP) is 1.32. The van der Waals surface area contributed by atoms with E-state index in [1.54, 1.807) is 0 Å². The van der Waals surface area contributed by atoms with Gasteiger partial charge in [-0.1, -0.05) is 25.1 Å². The van der Waals surface area contributed by atoms with Crippen molar-refractivity contribution in [3.63, 3.8) is 0 Å². The van der Waals surface area contributed by atoms with Crippen molar-refractivity contribution >= 4 is 11.6 Å². The quantitative estimate of drug-likeness (QED) is 0.864. The van der Waals surface area contributed by atoms with Gasteiger partial charge in [0.25, 0.3) is 0 Å². The fraction of sp³-hybridized carbons (Fsp3) is 0.533. The van der Waals surface area contributed by atoms with Gasteiger partial charge < -0.3 is 15.3 Å². The normalized spacial score (nSPS) is 23.9. The van der Waals surface area contributed by atoms with E-state index in [-0.39, 0.29) is 18.6 Å².